The van der Waals surface area contributed by atoms with Gasteiger partial charge in [-0.2, -0.15) is 5.10 Å². The minimum absolute atomic E-state index is 0.0469. The highest BCUT2D eigenvalue weighted by Crippen LogP contribution is 2.28. The third-order valence-electron chi connectivity index (χ3n) is 5.84. The molecule has 0 spiro atoms. The van der Waals surface area contributed by atoms with Gasteiger partial charge >= 0.3 is 0 Å². The molecule has 0 aromatic carbocycles. The normalized spacial score (nSPS) is 19.4. The summed E-state index contributed by atoms with van der Waals surface area (Å²) in [7, 11) is 0. The summed E-state index contributed by atoms with van der Waals surface area (Å²) in [6.07, 6.45) is 3.45. The summed E-state index contributed by atoms with van der Waals surface area (Å²) in [5.74, 6) is 0.968. The van der Waals surface area contributed by atoms with Gasteiger partial charge in [-0.15, -0.1) is 0 Å². The molecule has 154 valence electrons. The van der Waals surface area contributed by atoms with Crippen LogP contribution in [0.15, 0.2) is 12.3 Å². The van der Waals surface area contributed by atoms with Crippen molar-refractivity contribution in [1.82, 2.24) is 30.0 Å². The second-order valence-electron chi connectivity index (χ2n) is 9.04. The van der Waals surface area contributed by atoms with Gasteiger partial charge < -0.3 is 9.80 Å². The number of carbonyl (C=O) groups is 2. The third kappa shape index (κ3) is 3.88. The van der Waals surface area contributed by atoms with Crippen LogP contribution < -0.4 is 0 Å². The molecule has 1 N–H and O–H groups in total. The monoisotopic (exact) mass is 396 g/mol. The minimum Gasteiger partial charge on any atom is -0.338 e. The molecule has 0 aliphatic carbocycles. The average molecular weight is 396 g/mol. The van der Waals surface area contributed by atoms with E-state index >= 15 is 0 Å². The molecule has 2 aliphatic heterocycles. The summed E-state index contributed by atoms with van der Waals surface area (Å²) in [5.41, 5.74) is 3.39. The topological polar surface area (TPSA) is 95.1 Å². The average Bonchev–Trinajstić information content (AvgIpc) is 3.36. The first kappa shape index (κ1) is 19.5. The van der Waals surface area contributed by atoms with Gasteiger partial charge in [-0.1, -0.05) is 20.8 Å². The number of aromatic nitrogens is 4. The molecule has 4 rings (SSSR count). The van der Waals surface area contributed by atoms with E-state index in [1.54, 1.807) is 6.92 Å². The van der Waals surface area contributed by atoms with E-state index in [9.17, 15) is 9.59 Å². The Morgan fingerprint density at radius 2 is 2.00 bits per heavy atom. The van der Waals surface area contributed by atoms with Crippen LogP contribution in [0.4, 0.5) is 0 Å². The molecule has 0 bridgehead atoms. The molecule has 0 saturated carbocycles. The highest BCUT2D eigenvalue weighted by molar-refractivity contribution is 5.92. The highest BCUT2D eigenvalue weighted by atomic mass is 16.2. The molecule has 1 atom stereocenters. The quantitative estimate of drug-likeness (QED) is 0.838. The van der Waals surface area contributed by atoms with Gasteiger partial charge in [-0.25, -0.2) is 9.97 Å². The van der Waals surface area contributed by atoms with E-state index < -0.39 is 0 Å². The Bertz CT molecular complexity index is 945. The van der Waals surface area contributed by atoms with Gasteiger partial charge in [0.15, 0.2) is 0 Å². The Labute approximate surface area is 170 Å². The molecule has 8 heteroatoms. The fourth-order valence-corrected chi connectivity index (χ4v) is 3.93. The summed E-state index contributed by atoms with van der Waals surface area (Å²) in [5, 5.41) is 7.21. The van der Waals surface area contributed by atoms with Gasteiger partial charge in [-0.05, 0) is 12.5 Å². The summed E-state index contributed by atoms with van der Waals surface area (Å²) in [6.45, 7) is 10.4. The second-order valence-corrected chi connectivity index (χ2v) is 9.04. The molecule has 4 heterocycles. The molecule has 0 radical (unpaired) electrons. The number of hydrogen-bond acceptors (Lipinski definition) is 5. The van der Waals surface area contributed by atoms with Crippen molar-refractivity contribution in [2.45, 2.75) is 58.4 Å². The smallest absolute Gasteiger partial charge is 0.274 e. The number of fused-ring (bicyclic) bond motifs is 1. The number of nitrogens with one attached hydrogen (secondary N) is 1. The number of H-pyrrole nitrogens is 1. The van der Waals surface area contributed by atoms with Crippen LogP contribution in [0.3, 0.4) is 0 Å². The molecule has 1 fully saturated rings. The van der Waals surface area contributed by atoms with Gasteiger partial charge in [-0.3, -0.25) is 14.7 Å². The minimum atomic E-state index is -0.0754. The van der Waals surface area contributed by atoms with Gasteiger partial charge in [0.25, 0.3) is 5.91 Å². The standard InChI is InChI=1S/C21H28N6O2/c1-13(28)26-8-6-16-15(12-26)10-22-19(23-16)14-5-7-27(11-14)20(29)17-9-18(25-24-17)21(2,3)4/h9-10,14H,5-8,11-12H2,1-4H3,(H,24,25)/t14-/m0/s1. The summed E-state index contributed by atoms with van der Waals surface area (Å²) >= 11 is 0. The molecule has 2 aliphatic rings. The van der Waals surface area contributed by atoms with Crippen molar-refractivity contribution < 1.29 is 9.59 Å². The fraction of sp³-hybridized carbons (Fsp3) is 0.571. The third-order valence-corrected chi connectivity index (χ3v) is 5.84. The van der Waals surface area contributed by atoms with Crippen molar-refractivity contribution in [3.8, 4) is 0 Å². The zero-order chi connectivity index (χ0) is 20.8. The first-order valence-electron chi connectivity index (χ1n) is 10.2. The maximum absolute atomic E-state index is 12.9. The van der Waals surface area contributed by atoms with Crippen molar-refractivity contribution in [3.05, 3.63) is 40.7 Å². The van der Waals surface area contributed by atoms with Crippen molar-refractivity contribution >= 4 is 11.8 Å². The Balaban J connectivity index is 1.44. The molecule has 2 aromatic rings. The van der Waals surface area contributed by atoms with Gasteiger partial charge in [0.05, 0.1) is 5.69 Å². The molecule has 8 nitrogen and oxygen atoms in total. The van der Waals surface area contributed by atoms with Crippen LogP contribution in [-0.2, 0) is 23.2 Å². The van der Waals surface area contributed by atoms with Gasteiger partial charge in [0.1, 0.15) is 11.5 Å². The maximum Gasteiger partial charge on any atom is 0.274 e. The summed E-state index contributed by atoms with van der Waals surface area (Å²) in [6, 6.07) is 1.85. The van der Waals surface area contributed by atoms with Crippen LogP contribution in [0, 0.1) is 0 Å². The zero-order valence-corrected chi connectivity index (χ0v) is 17.5. The van der Waals surface area contributed by atoms with Crippen molar-refractivity contribution in [2.75, 3.05) is 19.6 Å². The predicted molar refractivity (Wildman–Crippen MR) is 107 cm³/mol. The Hall–Kier alpha value is -2.77. The Kier molecular flexibility index (Phi) is 4.88. The number of hydrogen-bond donors (Lipinski definition) is 1. The molecule has 1 saturated heterocycles. The van der Waals surface area contributed by atoms with E-state index in [4.69, 9.17) is 4.98 Å². The summed E-state index contributed by atoms with van der Waals surface area (Å²) < 4.78 is 0. The first-order chi connectivity index (χ1) is 13.7. The molecule has 0 unspecified atom stereocenters. The van der Waals surface area contributed by atoms with Crippen molar-refractivity contribution in [1.29, 1.82) is 0 Å². The van der Waals surface area contributed by atoms with E-state index in [2.05, 4.69) is 36.0 Å². The van der Waals surface area contributed by atoms with Crippen molar-refractivity contribution in [2.24, 2.45) is 0 Å². The maximum atomic E-state index is 12.9. The second kappa shape index (κ2) is 7.24. The van der Waals surface area contributed by atoms with E-state index in [-0.39, 0.29) is 23.1 Å². The lowest BCUT2D eigenvalue weighted by molar-refractivity contribution is -0.129. The van der Waals surface area contributed by atoms with E-state index in [1.807, 2.05) is 22.1 Å². The van der Waals surface area contributed by atoms with E-state index in [0.29, 0.717) is 31.9 Å². The SMILES string of the molecule is CC(=O)N1CCc2nc([C@H]3CCN(C(=O)c4cc(C(C)(C)C)[nH]n4)C3)ncc2C1. The van der Waals surface area contributed by atoms with Crippen LogP contribution >= 0.6 is 0 Å². The highest BCUT2D eigenvalue weighted by Gasteiger charge is 2.32. The van der Waals surface area contributed by atoms with Crippen LogP contribution in [0.5, 0.6) is 0 Å². The molecule has 2 amide bonds. The Morgan fingerprint density at radius 1 is 1.21 bits per heavy atom. The molecule has 29 heavy (non-hydrogen) atoms. The van der Waals surface area contributed by atoms with Crippen LogP contribution in [0.25, 0.3) is 0 Å². The zero-order valence-electron chi connectivity index (χ0n) is 17.5. The summed E-state index contributed by atoms with van der Waals surface area (Å²) in [4.78, 5) is 37.5. The van der Waals surface area contributed by atoms with Crippen LogP contribution in [-0.4, -0.2) is 61.4 Å². The lowest BCUT2D eigenvalue weighted by Crippen LogP contribution is -2.35. The van der Waals surface area contributed by atoms with Crippen molar-refractivity contribution in [3.63, 3.8) is 0 Å². The van der Waals surface area contributed by atoms with Crippen LogP contribution in [0.2, 0.25) is 0 Å². The van der Waals surface area contributed by atoms with E-state index in [0.717, 1.165) is 35.6 Å². The number of aromatic amines is 1. The molecular formula is C21H28N6O2. The number of rotatable bonds is 2. The Morgan fingerprint density at radius 3 is 2.69 bits per heavy atom. The van der Waals surface area contributed by atoms with Gasteiger partial charge in [0, 0.05) is 68.3 Å². The first-order valence-corrected chi connectivity index (χ1v) is 10.2. The molecule has 2 aromatic heterocycles. The van der Waals surface area contributed by atoms with Gasteiger partial charge in [0.2, 0.25) is 5.91 Å². The van der Waals surface area contributed by atoms with Crippen LogP contribution in [0.1, 0.15) is 73.3 Å². The lowest BCUT2D eigenvalue weighted by Gasteiger charge is -2.27. The largest absolute Gasteiger partial charge is 0.338 e. The number of amides is 2. The fourth-order valence-electron chi connectivity index (χ4n) is 3.93. The number of carbonyl (C=O) groups excluding carboxylic acids is 2. The predicted octanol–water partition coefficient (Wildman–Crippen LogP) is 2.03. The number of likely N-dealkylation sites (tertiary alicyclic amines) is 1. The van der Waals surface area contributed by atoms with E-state index in [1.165, 1.54) is 0 Å². The lowest BCUT2D eigenvalue weighted by atomic mass is 9.92. The molecular weight excluding hydrogens is 368 g/mol. The number of nitrogens with zero attached hydrogens (tertiary/aromatic N) is 5.